The molecule has 0 radical (unpaired) electrons. The minimum atomic E-state index is 1.11. The lowest BCUT2D eigenvalue weighted by molar-refractivity contribution is 0.394. The average Bonchev–Trinajstić information content (AvgIpc) is 2.99. The fraction of sp³-hybridized carbons (Fsp3) is 0.520. The lowest BCUT2D eigenvalue weighted by Gasteiger charge is -2.10. The SMILES string of the molecule is CN(C)CCCCc1ccc2c(c1)Cc1cc(CCCCN(C)C)ccc1-2. The van der Waals surface area contributed by atoms with Gasteiger partial charge in [0.05, 0.1) is 0 Å². The Morgan fingerprint density at radius 3 is 1.48 bits per heavy atom. The fourth-order valence-electron chi connectivity index (χ4n) is 4.14. The molecule has 1 aliphatic rings. The molecule has 0 N–H and O–H groups in total. The highest BCUT2D eigenvalue weighted by atomic mass is 15.0. The van der Waals surface area contributed by atoms with E-state index in [0.717, 1.165) is 6.42 Å². The molecule has 0 spiro atoms. The van der Waals surface area contributed by atoms with Gasteiger partial charge in [-0.3, -0.25) is 0 Å². The Morgan fingerprint density at radius 1 is 0.630 bits per heavy atom. The molecule has 0 saturated carbocycles. The minimum absolute atomic E-state index is 1.11. The number of fused-ring (bicyclic) bond motifs is 3. The van der Waals surface area contributed by atoms with Gasteiger partial charge < -0.3 is 9.80 Å². The number of benzene rings is 2. The lowest BCUT2D eigenvalue weighted by atomic mass is 9.99. The van der Waals surface area contributed by atoms with E-state index in [-0.39, 0.29) is 0 Å². The topological polar surface area (TPSA) is 6.48 Å². The van der Waals surface area contributed by atoms with Crippen LogP contribution < -0.4 is 0 Å². The van der Waals surface area contributed by atoms with E-state index in [1.54, 1.807) is 0 Å². The molecule has 3 rings (SSSR count). The first-order valence-electron chi connectivity index (χ1n) is 10.6. The number of hydrogen-bond donors (Lipinski definition) is 0. The van der Waals surface area contributed by atoms with E-state index in [1.807, 2.05) is 0 Å². The smallest absolute Gasteiger partial charge is 0.00133 e. The van der Waals surface area contributed by atoms with Crippen molar-refractivity contribution in [2.45, 2.75) is 44.9 Å². The number of unbranched alkanes of at least 4 members (excludes halogenated alkanes) is 2. The Hall–Kier alpha value is -1.64. The van der Waals surface area contributed by atoms with E-state index in [1.165, 1.54) is 85.0 Å². The summed E-state index contributed by atoms with van der Waals surface area (Å²) in [6, 6.07) is 14.3. The van der Waals surface area contributed by atoms with E-state index in [4.69, 9.17) is 0 Å². The summed E-state index contributed by atoms with van der Waals surface area (Å²) < 4.78 is 0. The van der Waals surface area contributed by atoms with E-state index in [0.29, 0.717) is 0 Å². The van der Waals surface area contributed by atoms with Crippen molar-refractivity contribution < 1.29 is 0 Å². The zero-order chi connectivity index (χ0) is 19.2. The normalized spacial score (nSPS) is 12.7. The van der Waals surface area contributed by atoms with Gasteiger partial charge in [0.15, 0.2) is 0 Å². The van der Waals surface area contributed by atoms with Crippen molar-refractivity contribution in [1.82, 2.24) is 9.80 Å². The monoisotopic (exact) mass is 364 g/mol. The maximum Gasteiger partial charge on any atom is -0.00133 e. The van der Waals surface area contributed by atoms with Crippen LogP contribution in [0.3, 0.4) is 0 Å². The Balaban J connectivity index is 1.58. The van der Waals surface area contributed by atoms with E-state index in [2.05, 4.69) is 74.4 Å². The summed E-state index contributed by atoms with van der Waals surface area (Å²) in [6.07, 6.45) is 8.63. The van der Waals surface area contributed by atoms with Gasteiger partial charge in [0.25, 0.3) is 0 Å². The van der Waals surface area contributed by atoms with Gasteiger partial charge >= 0.3 is 0 Å². The Labute approximate surface area is 166 Å². The number of rotatable bonds is 10. The van der Waals surface area contributed by atoms with Crippen molar-refractivity contribution >= 4 is 0 Å². The van der Waals surface area contributed by atoms with Crippen molar-refractivity contribution in [2.24, 2.45) is 0 Å². The number of nitrogens with zero attached hydrogens (tertiary/aromatic N) is 2. The fourth-order valence-corrected chi connectivity index (χ4v) is 4.14. The van der Waals surface area contributed by atoms with Crippen LogP contribution in [0, 0.1) is 0 Å². The standard InChI is InChI=1S/C25H36N2/c1-26(2)15-7-5-9-20-11-13-24-22(17-20)19-23-18-21(12-14-25(23)24)10-6-8-16-27(3)4/h11-14,17-18H,5-10,15-16,19H2,1-4H3. The molecule has 0 bridgehead atoms. The van der Waals surface area contributed by atoms with Crippen LogP contribution in [0.2, 0.25) is 0 Å². The first kappa shape index (κ1) is 20.1. The van der Waals surface area contributed by atoms with Crippen LogP contribution in [-0.4, -0.2) is 51.1 Å². The second-order valence-corrected chi connectivity index (χ2v) is 8.68. The van der Waals surface area contributed by atoms with Gasteiger partial charge in [0, 0.05) is 0 Å². The zero-order valence-corrected chi connectivity index (χ0v) is 17.7. The van der Waals surface area contributed by atoms with Crippen LogP contribution in [0.1, 0.15) is 47.9 Å². The molecule has 0 aliphatic heterocycles. The van der Waals surface area contributed by atoms with Crippen molar-refractivity contribution in [2.75, 3.05) is 41.3 Å². The second-order valence-electron chi connectivity index (χ2n) is 8.68. The van der Waals surface area contributed by atoms with E-state index in [9.17, 15) is 0 Å². The quantitative estimate of drug-likeness (QED) is 0.466. The molecule has 2 aromatic carbocycles. The summed E-state index contributed by atoms with van der Waals surface area (Å²) in [5, 5.41) is 0. The van der Waals surface area contributed by atoms with Crippen molar-refractivity contribution in [3.05, 3.63) is 58.7 Å². The molecule has 2 heteroatoms. The predicted molar refractivity (Wildman–Crippen MR) is 118 cm³/mol. The molecule has 0 atom stereocenters. The summed E-state index contributed by atoms with van der Waals surface area (Å²) in [5.74, 6) is 0. The molecule has 0 aromatic heterocycles. The van der Waals surface area contributed by atoms with E-state index >= 15 is 0 Å². The highest BCUT2D eigenvalue weighted by molar-refractivity contribution is 5.77. The summed E-state index contributed by atoms with van der Waals surface area (Å²) in [5.41, 5.74) is 8.98. The third-order valence-corrected chi connectivity index (χ3v) is 5.65. The summed E-state index contributed by atoms with van der Waals surface area (Å²) >= 11 is 0. The van der Waals surface area contributed by atoms with Gasteiger partial charge in [0.1, 0.15) is 0 Å². The lowest BCUT2D eigenvalue weighted by Crippen LogP contribution is -2.12. The summed E-state index contributed by atoms with van der Waals surface area (Å²) in [4.78, 5) is 4.55. The molecule has 2 aromatic rings. The molecular weight excluding hydrogens is 328 g/mol. The molecule has 0 saturated heterocycles. The highest BCUT2D eigenvalue weighted by Crippen LogP contribution is 2.37. The molecule has 0 heterocycles. The first-order valence-corrected chi connectivity index (χ1v) is 10.6. The highest BCUT2D eigenvalue weighted by Gasteiger charge is 2.18. The molecule has 1 aliphatic carbocycles. The molecule has 0 fully saturated rings. The Kier molecular flexibility index (Phi) is 7.09. The van der Waals surface area contributed by atoms with Crippen molar-refractivity contribution in [3.63, 3.8) is 0 Å². The van der Waals surface area contributed by atoms with Gasteiger partial charge in [-0.25, -0.2) is 0 Å². The largest absolute Gasteiger partial charge is 0.309 e. The van der Waals surface area contributed by atoms with Crippen LogP contribution >= 0.6 is 0 Å². The van der Waals surface area contributed by atoms with Gasteiger partial charge in [-0.15, -0.1) is 0 Å². The Bertz CT molecular complexity index is 682. The zero-order valence-electron chi connectivity index (χ0n) is 17.7. The van der Waals surface area contributed by atoms with Crippen molar-refractivity contribution in [1.29, 1.82) is 0 Å². The molecule has 0 amide bonds. The van der Waals surface area contributed by atoms with Gasteiger partial charge in [-0.2, -0.15) is 0 Å². The molecular formula is C25H36N2. The maximum atomic E-state index is 2.46. The van der Waals surface area contributed by atoms with Gasteiger partial charge in [0.2, 0.25) is 0 Å². The van der Waals surface area contributed by atoms with Crippen molar-refractivity contribution in [3.8, 4) is 11.1 Å². The van der Waals surface area contributed by atoms with Crippen LogP contribution in [0.15, 0.2) is 36.4 Å². The predicted octanol–water partition coefficient (Wildman–Crippen LogP) is 5.03. The number of aryl methyl sites for hydroxylation is 2. The maximum absolute atomic E-state index is 2.46. The number of hydrogen-bond acceptors (Lipinski definition) is 2. The molecule has 0 unspecified atom stereocenters. The van der Waals surface area contributed by atoms with Gasteiger partial charge in [-0.1, -0.05) is 36.4 Å². The third kappa shape index (κ3) is 5.67. The molecule has 27 heavy (non-hydrogen) atoms. The Morgan fingerprint density at radius 2 is 1.07 bits per heavy atom. The minimum Gasteiger partial charge on any atom is -0.309 e. The summed E-state index contributed by atoms with van der Waals surface area (Å²) in [7, 11) is 8.62. The third-order valence-electron chi connectivity index (χ3n) is 5.65. The summed E-state index contributed by atoms with van der Waals surface area (Å²) in [6.45, 7) is 2.38. The van der Waals surface area contributed by atoms with Crippen LogP contribution in [0.5, 0.6) is 0 Å². The molecule has 146 valence electrons. The van der Waals surface area contributed by atoms with Crippen LogP contribution in [-0.2, 0) is 19.3 Å². The molecule has 2 nitrogen and oxygen atoms in total. The second kappa shape index (κ2) is 9.52. The van der Waals surface area contributed by atoms with Crippen LogP contribution in [0.25, 0.3) is 11.1 Å². The van der Waals surface area contributed by atoms with Crippen LogP contribution in [0.4, 0.5) is 0 Å². The first-order chi connectivity index (χ1) is 13.0. The van der Waals surface area contributed by atoms with Gasteiger partial charge in [-0.05, 0) is 120 Å². The average molecular weight is 365 g/mol. The van der Waals surface area contributed by atoms with E-state index < -0.39 is 0 Å².